The molecule has 2 rings (SSSR count). The molecular weight excluding hydrogens is 268 g/mol. The predicted molar refractivity (Wildman–Crippen MR) is 83.5 cm³/mol. The molecule has 118 valence electrons. The predicted octanol–water partition coefficient (Wildman–Crippen LogP) is 1.90. The summed E-state index contributed by atoms with van der Waals surface area (Å²) in [7, 11) is 4.95. The molecule has 21 heavy (non-hydrogen) atoms. The van der Waals surface area contributed by atoms with E-state index in [1.165, 1.54) is 25.9 Å². The minimum Gasteiger partial charge on any atom is -0.496 e. The van der Waals surface area contributed by atoms with Crippen LogP contribution in [-0.4, -0.2) is 52.4 Å². The van der Waals surface area contributed by atoms with Crippen LogP contribution in [0.25, 0.3) is 0 Å². The number of benzene rings is 1. The van der Waals surface area contributed by atoms with Crippen LogP contribution in [0.15, 0.2) is 12.1 Å². The molecule has 0 aromatic heterocycles. The molecule has 1 aromatic carbocycles. The SMILES string of the molecule is COc1cc(OC)c(OC)cc1CNCCN1CCCC1. The zero-order valence-electron chi connectivity index (χ0n) is 13.3. The van der Waals surface area contributed by atoms with Crippen LogP contribution in [0.4, 0.5) is 0 Å². The van der Waals surface area contributed by atoms with Crippen LogP contribution in [-0.2, 0) is 6.54 Å². The molecule has 0 saturated carbocycles. The highest BCUT2D eigenvalue weighted by Crippen LogP contribution is 2.34. The van der Waals surface area contributed by atoms with E-state index in [-0.39, 0.29) is 0 Å². The highest BCUT2D eigenvalue weighted by atomic mass is 16.5. The molecule has 0 aliphatic carbocycles. The number of rotatable bonds is 8. The van der Waals surface area contributed by atoms with Gasteiger partial charge in [0.2, 0.25) is 0 Å². The number of methoxy groups -OCH3 is 3. The van der Waals surface area contributed by atoms with Crippen molar-refractivity contribution in [3.05, 3.63) is 17.7 Å². The second-order valence-corrected chi connectivity index (χ2v) is 5.24. The van der Waals surface area contributed by atoms with E-state index in [9.17, 15) is 0 Å². The zero-order valence-corrected chi connectivity index (χ0v) is 13.3. The smallest absolute Gasteiger partial charge is 0.164 e. The van der Waals surface area contributed by atoms with Crippen molar-refractivity contribution in [3.8, 4) is 17.2 Å². The van der Waals surface area contributed by atoms with Crippen LogP contribution in [0.5, 0.6) is 17.2 Å². The van der Waals surface area contributed by atoms with Gasteiger partial charge in [-0.25, -0.2) is 0 Å². The standard InChI is InChI=1S/C16H26N2O3/c1-19-14-11-16(21-3)15(20-2)10-13(14)12-17-6-9-18-7-4-5-8-18/h10-11,17H,4-9,12H2,1-3H3. The minimum atomic E-state index is 0.690. The van der Waals surface area contributed by atoms with Crippen LogP contribution in [0.3, 0.4) is 0 Å². The van der Waals surface area contributed by atoms with Gasteiger partial charge in [0.05, 0.1) is 21.3 Å². The fourth-order valence-corrected chi connectivity index (χ4v) is 2.70. The summed E-state index contributed by atoms with van der Waals surface area (Å²) >= 11 is 0. The van der Waals surface area contributed by atoms with Crippen LogP contribution < -0.4 is 19.5 Å². The molecule has 0 spiro atoms. The lowest BCUT2D eigenvalue weighted by Gasteiger charge is -2.17. The van der Waals surface area contributed by atoms with Gasteiger partial charge in [-0.15, -0.1) is 0 Å². The van der Waals surface area contributed by atoms with E-state index in [4.69, 9.17) is 14.2 Å². The summed E-state index contributed by atoms with van der Waals surface area (Å²) in [6.07, 6.45) is 2.67. The summed E-state index contributed by atoms with van der Waals surface area (Å²) in [5.41, 5.74) is 1.08. The first-order chi connectivity index (χ1) is 10.3. The molecular formula is C16H26N2O3. The third-order valence-corrected chi connectivity index (χ3v) is 3.91. The van der Waals surface area contributed by atoms with Gasteiger partial charge in [-0.1, -0.05) is 0 Å². The van der Waals surface area contributed by atoms with Crippen molar-refractivity contribution in [1.29, 1.82) is 0 Å². The van der Waals surface area contributed by atoms with Gasteiger partial charge < -0.3 is 24.4 Å². The summed E-state index contributed by atoms with van der Waals surface area (Å²) < 4.78 is 16.1. The van der Waals surface area contributed by atoms with Crippen LogP contribution >= 0.6 is 0 Å². The maximum atomic E-state index is 5.43. The topological polar surface area (TPSA) is 43.0 Å². The second-order valence-electron chi connectivity index (χ2n) is 5.24. The van der Waals surface area contributed by atoms with Crippen molar-refractivity contribution in [3.63, 3.8) is 0 Å². The van der Waals surface area contributed by atoms with Crippen molar-refractivity contribution in [2.45, 2.75) is 19.4 Å². The Morgan fingerprint density at radius 2 is 1.57 bits per heavy atom. The molecule has 0 amide bonds. The van der Waals surface area contributed by atoms with Crippen molar-refractivity contribution < 1.29 is 14.2 Å². The average molecular weight is 294 g/mol. The molecule has 5 nitrogen and oxygen atoms in total. The summed E-state index contributed by atoms with van der Waals surface area (Å²) in [6.45, 7) is 5.33. The van der Waals surface area contributed by atoms with Crippen LogP contribution in [0, 0.1) is 0 Å². The van der Waals surface area contributed by atoms with Gasteiger partial charge >= 0.3 is 0 Å². The highest BCUT2D eigenvalue weighted by molar-refractivity contribution is 5.50. The van der Waals surface area contributed by atoms with E-state index >= 15 is 0 Å². The van der Waals surface area contributed by atoms with Gasteiger partial charge in [-0.05, 0) is 32.0 Å². The van der Waals surface area contributed by atoms with Gasteiger partial charge in [-0.2, -0.15) is 0 Å². The van der Waals surface area contributed by atoms with E-state index in [0.29, 0.717) is 5.75 Å². The van der Waals surface area contributed by atoms with E-state index < -0.39 is 0 Å². The third kappa shape index (κ3) is 4.25. The largest absolute Gasteiger partial charge is 0.496 e. The molecule has 1 aliphatic heterocycles. The lowest BCUT2D eigenvalue weighted by atomic mass is 10.1. The van der Waals surface area contributed by atoms with Gasteiger partial charge in [0.15, 0.2) is 11.5 Å². The minimum absolute atomic E-state index is 0.690. The molecule has 5 heteroatoms. The number of ether oxygens (including phenoxy) is 3. The Morgan fingerprint density at radius 1 is 0.952 bits per heavy atom. The van der Waals surface area contributed by atoms with Crippen LogP contribution in [0.2, 0.25) is 0 Å². The molecule has 1 aliphatic rings. The van der Waals surface area contributed by atoms with E-state index in [2.05, 4.69) is 10.2 Å². The Balaban J connectivity index is 1.91. The Labute approximate surface area is 127 Å². The molecule has 1 fully saturated rings. The fourth-order valence-electron chi connectivity index (χ4n) is 2.70. The molecule has 0 unspecified atom stereocenters. The molecule has 1 N–H and O–H groups in total. The zero-order chi connectivity index (χ0) is 15.1. The van der Waals surface area contributed by atoms with Crippen molar-refractivity contribution in [1.82, 2.24) is 10.2 Å². The van der Waals surface area contributed by atoms with E-state index in [1.807, 2.05) is 12.1 Å². The maximum absolute atomic E-state index is 5.43. The molecule has 0 radical (unpaired) electrons. The Morgan fingerprint density at radius 3 is 2.19 bits per heavy atom. The third-order valence-electron chi connectivity index (χ3n) is 3.91. The Kier molecular flexibility index (Phi) is 6.14. The summed E-state index contributed by atoms with van der Waals surface area (Å²) in [4.78, 5) is 2.50. The Hall–Kier alpha value is -1.46. The van der Waals surface area contributed by atoms with Crippen molar-refractivity contribution in [2.75, 3.05) is 47.5 Å². The molecule has 0 atom stereocenters. The quantitative estimate of drug-likeness (QED) is 0.742. The fraction of sp³-hybridized carbons (Fsp3) is 0.625. The molecule has 1 aromatic rings. The van der Waals surface area contributed by atoms with Crippen LogP contribution in [0.1, 0.15) is 18.4 Å². The monoisotopic (exact) mass is 294 g/mol. The van der Waals surface area contributed by atoms with Gasteiger partial charge in [-0.3, -0.25) is 0 Å². The number of nitrogens with zero attached hydrogens (tertiary/aromatic N) is 1. The van der Waals surface area contributed by atoms with Gasteiger partial charge in [0.25, 0.3) is 0 Å². The average Bonchev–Trinajstić information content (AvgIpc) is 3.04. The highest BCUT2D eigenvalue weighted by Gasteiger charge is 2.13. The van der Waals surface area contributed by atoms with Crippen molar-refractivity contribution in [2.24, 2.45) is 0 Å². The first kappa shape index (κ1) is 15.9. The molecule has 1 saturated heterocycles. The first-order valence-electron chi connectivity index (χ1n) is 7.50. The summed E-state index contributed by atoms with van der Waals surface area (Å²) in [5.74, 6) is 2.24. The normalized spacial score (nSPS) is 15.2. The van der Waals surface area contributed by atoms with Gasteiger partial charge in [0, 0.05) is 31.3 Å². The second kappa shape index (κ2) is 8.10. The lowest BCUT2D eigenvalue weighted by molar-refractivity contribution is 0.333. The van der Waals surface area contributed by atoms with Gasteiger partial charge in [0.1, 0.15) is 5.75 Å². The number of hydrogen-bond donors (Lipinski definition) is 1. The number of hydrogen-bond acceptors (Lipinski definition) is 5. The maximum Gasteiger partial charge on any atom is 0.164 e. The molecule has 0 bridgehead atoms. The number of nitrogens with one attached hydrogen (secondary N) is 1. The summed E-state index contributed by atoms with van der Waals surface area (Å²) in [5, 5.41) is 3.47. The molecule has 1 heterocycles. The summed E-state index contributed by atoms with van der Waals surface area (Å²) in [6, 6.07) is 3.84. The van der Waals surface area contributed by atoms with Crippen molar-refractivity contribution >= 4 is 0 Å². The number of likely N-dealkylation sites (tertiary alicyclic amines) is 1. The Bertz CT molecular complexity index is 445. The van der Waals surface area contributed by atoms with E-state index in [1.54, 1.807) is 21.3 Å². The lowest BCUT2D eigenvalue weighted by Crippen LogP contribution is -2.29. The first-order valence-corrected chi connectivity index (χ1v) is 7.50. The van der Waals surface area contributed by atoms with E-state index in [0.717, 1.165) is 36.7 Å².